The Hall–Kier alpha value is -2.02. The Morgan fingerprint density at radius 3 is 2.72 bits per heavy atom. The number of carbonyl (C=O) groups is 1. The molecule has 0 fully saturated rings. The zero-order valence-electron chi connectivity index (χ0n) is 9.94. The van der Waals surface area contributed by atoms with Crippen molar-refractivity contribution >= 4 is 11.6 Å². The second-order valence-corrected chi connectivity index (χ2v) is 3.94. The van der Waals surface area contributed by atoms with Gasteiger partial charge in [-0.15, -0.1) is 0 Å². The molecule has 0 radical (unpaired) electrons. The second-order valence-electron chi connectivity index (χ2n) is 3.94. The molecular formula is C11H13FN2O4. The normalized spacial score (nSPS) is 12.0. The van der Waals surface area contributed by atoms with Crippen LogP contribution in [0, 0.1) is 22.9 Å². The van der Waals surface area contributed by atoms with E-state index >= 15 is 0 Å². The molecular weight excluding hydrogens is 243 g/mol. The molecule has 0 saturated heterocycles. The number of nitro groups is 1. The van der Waals surface area contributed by atoms with Gasteiger partial charge in [-0.1, -0.05) is 0 Å². The molecule has 0 spiro atoms. The number of nitrogens with zero attached hydrogens (tertiary/aromatic N) is 1. The Bertz CT molecular complexity index is 488. The fourth-order valence-corrected chi connectivity index (χ4v) is 1.36. The summed E-state index contributed by atoms with van der Waals surface area (Å²) < 4.78 is 13.7. The molecule has 7 heteroatoms. The molecule has 98 valence electrons. The molecule has 1 atom stereocenters. The molecule has 2 N–H and O–H groups in total. The summed E-state index contributed by atoms with van der Waals surface area (Å²) in [7, 11) is 0. The lowest BCUT2D eigenvalue weighted by molar-refractivity contribution is -0.385. The van der Waals surface area contributed by atoms with Crippen LogP contribution in [-0.4, -0.2) is 28.6 Å². The molecule has 0 unspecified atom stereocenters. The van der Waals surface area contributed by atoms with Crippen LogP contribution in [0.3, 0.4) is 0 Å². The molecule has 1 aromatic rings. The Kier molecular flexibility index (Phi) is 4.33. The van der Waals surface area contributed by atoms with E-state index in [-0.39, 0.29) is 17.8 Å². The number of rotatable bonds is 4. The molecule has 0 aliphatic rings. The van der Waals surface area contributed by atoms with Gasteiger partial charge < -0.3 is 10.4 Å². The summed E-state index contributed by atoms with van der Waals surface area (Å²) >= 11 is 0. The van der Waals surface area contributed by atoms with Crippen LogP contribution in [0.25, 0.3) is 0 Å². The van der Waals surface area contributed by atoms with E-state index in [1.165, 1.54) is 13.8 Å². The zero-order valence-corrected chi connectivity index (χ0v) is 9.94. The highest BCUT2D eigenvalue weighted by atomic mass is 19.1. The summed E-state index contributed by atoms with van der Waals surface area (Å²) in [5.74, 6) is -1.59. The number of non-ortho nitro benzene ring substituents is 1. The first-order valence-corrected chi connectivity index (χ1v) is 5.23. The predicted molar refractivity (Wildman–Crippen MR) is 61.8 cm³/mol. The Labute approximate surface area is 103 Å². The minimum atomic E-state index is -0.802. The predicted octanol–water partition coefficient (Wildman–Crippen LogP) is 1.15. The topological polar surface area (TPSA) is 92.5 Å². The third-order valence-electron chi connectivity index (χ3n) is 2.25. The van der Waals surface area contributed by atoms with Crippen LogP contribution in [0.5, 0.6) is 0 Å². The SMILES string of the molecule is Cc1cc([N+](=O)[O-])cc(C(=O)NC[C@H](C)O)c1F. The lowest BCUT2D eigenvalue weighted by Crippen LogP contribution is -2.31. The van der Waals surface area contributed by atoms with Crippen molar-refractivity contribution in [2.75, 3.05) is 6.54 Å². The van der Waals surface area contributed by atoms with Crippen LogP contribution in [-0.2, 0) is 0 Å². The van der Waals surface area contributed by atoms with E-state index in [0.29, 0.717) is 0 Å². The standard InChI is InChI=1S/C11H13FN2O4/c1-6-3-8(14(17)18)4-9(10(6)12)11(16)13-5-7(2)15/h3-4,7,15H,5H2,1-2H3,(H,13,16)/t7-/m0/s1. The summed E-state index contributed by atoms with van der Waals surface area (Å²) in [6.07, 6.45) is -0.781. The van der Waals surface area contributed by atoms with E-state index in [4.69, 9.17) is 5.11 Å². The van der Waals surface area contributed by atoms with Gasteiger partial charge in [-0.2, -0.15) is 0 Å². The zero-order chi connectivity index (χ0) is 13.9. The number of amides is 1. The van der Waals surface area contributed by atoms with E-state index in [1.54, 1.807) is 0 Å². The Balaban J connectivity index is 3.07. The Morgan fingerprint density at radius 2 is 2.22 bits per heavy atom. The van der Waals surface area contributed by atoms with Gasteiger partial charge in [0.25, 0.3) is 11.6 Å². The molecule has 0 heterocycles. The first kappa shape index (κ1) is 14.0. The van der Waals surface area contributed by atoms with Gasteiger partial charge in [0.05, 0.1) is 16.6 Å². The first-order valence-electron chi connectivity index (χ1n) is 5.23. The molecule has 0 aromatic heterocycles. The van der Waals surface area contributed by atoms with E-state index in [9.17, 15) is 19.3 Å². The second kappa shape index (κ2) is 5.54. The van der Waals surface area contributed by atoms with Crippen molar-refractivity contribution in [2.24, 2.45) is 0 Å². The van der Waals surface area contributed by atoms with E-state index < -0.39 is 28.3 Å². The van der Waals surface area contributed by atoms with Crippen LogP contribution in [0.4, 0.5) is 10.1 Å². The van der Waals surface area contributed by atoms with Crippen molar-refractivity contribution in [3.05, 3.63) is 39.2 Å². The van der Waals surface area contributed by atoms with Crippen LogP contribution in [0.15, 0.2) is 12.1 Å². The fourth-order valence-electron chi connectivity index (χ4n) is 1.36. The minimum Gasteiger partial charge on any atom is -0.392 e. The number of aryl methyl sites for hydroxylation is 1. The molecule has 1 aromatic carbocycles. The number of aliphatic hydroxyl groups excluding tert-OH is 1. The number of aliphatic hydroxyl groups is 1. The maximum absolute atomic E-state index is 13.7. The number of nitrogens with one attached hydrogen (secondary N) is 1. The number of nitro benzene ring substituents is 1. The average Bonchev–Trinajstić information content (AvgIpc) is 2.29. The number of carbonyl (C=O) groups excluding carboxylic acids is 1. The highest BCUT2D eigenvalue weighted by molar-refractivity contribution is 5.95. The van der Waals surface area contributed by atoms with Gasteiger partial charge in [-0.05, 0) is 19.4 Å². The third-order valence-corrected chi connectivity index (χ3v) is 2.25. The quantitative estimate of drug-likeness (QED) is 0.624. The van der Waals surface area contributed by atoms with Gasteiger partial charge in [0, 0.05) is 18.7 Å². The van der Waals surface area contributed by atoms with Gasteiger partial charge in [0.2, 0.25) is 0 Å². The summed E-state index contributed by atoms with van der Waals surface area (Å²) in [6.45, 7) is 2.74. The van der Waals surface area contributed by atoms with Crippen LogP contribution in [0.2, 0.25) is 0 Å². The first-order chi connectivity index (χ1) is 8.32. The van der Waals surface area contributed by atoms with Gasteiger partial charge in [-0.25, -0.2) is 4.39 Å². The molecule has 1 amide bonds. The molecule has 0 aliphatic heterocycles. The Morgan fingerprint density at radius 1 is 1.61 bits per heavy atom. The smallest absolute Gasteiger partial charge is 0.270 e. The summed E-state index contributed by atoms with van der Waals surface area (Å²) in [5, 5.41) is 21.9. The third kappa shape index (κ3) is 3.24. The van der Waals surface area contributed by atoms with Crippen LogP contribution in [0.1, 0.15) is 22.8 Å². The number of benzene rings is 1. The fraction of sp³-hybridized carbons (Fsp3) is 0.364. The largest absolute Gasteiger partial charge is 0.392 e. The van der Waals surface area contributed by atoms with Crippen molar-refractivity contribution in [1.29, 1.82) is 0 Å². The number of halogens is 1. The van der Waals surface area contributed by atoms with Gasteiger partial charge in [0.1, 0.15) is 5.82 Å². The van der Waals surface area contributed by atoms with Crippen LogP contribution >= 0.6 is 0 Å². The van der Waals surface area contributed by atoms with Crippen molar-refractivity contribution in [2.45, 2.75) is 20.0 Å². The minimum absolute atomic E-state index is 0.0198. The summed E-state index contributed by atoms with van der Waals surface area (Å²) in [4.78, 5) is 21.5. The van der Waals surface area contributed by atoms with Gasteiger partial charge in [-0.3, -0.25) is 14.9 Å². The molecule has 1 rings (SSSR count). The highest BCUT2D eigenvalue weighted by Gasteiger charge is 2.19. The van der Waals surface area contributed by atoms with Crippen molar-refractivity contribution in [3.63, 3.8) is 0 Å². The van der Waals surface area contributed by atoms with Crippen molar-refractivity contribution < 1.29 is 19.2 Å². The van der Waals surface area contributed by atoms with Crippen molar-refractivity contribution in [1.82, 2.24) is 5.32 Å². The lowest BCUT2D eigenvalue weighted by Gasteiger charge is -2.09. The van der Waals surface area contributed by atoms with Gasteiger partial charge in [0.15, 0.2) is 0 Å². The molecule has 0 bridgehead atoms. The summed E-state index contributed by atoms with van der Waals surface area (Å²) in [6, 6.07) is 1.93. The monoisotopic (exact) mass is 256 g/mol. The molecule has 0 aliphatic carbocycles. The number of hydrogen-bond donors (Lipinski definition) is 2. The average molecular weight is 256 g/mol. The van der Waals surface area contributed by atoms with Crippen LogP contribution < -0.4 is 5.32 Å². The van der Waals surface area contributed by atoms with E-state index in [0.717, 1.165) is 12.1 Å². The van der Waals surface area contributed by atoms with E-state index in [2.05, 4.69) is 5.32 Å². The maximum Gasteiger partial charge on any atom is 0.270 e. The maximum atomic E-state index is 13.7. The number of hydrogen-bond acceptors (Lipinski definition) is 4. The van der Waals surface area contributed by atoms with Crippen molar-refractivity contribution in [3.8, 4) is 0 Å². The molecule has 6 nitrogen and oxygen atoms in total. The highest BCUT2D eigenvalue weighted by Crippen LogP contribution is 2.20. The summed E-state index contributed by atoms with van der Waals surface area (Å²) in [5.41, 5.74) is -0.732. The van der Waals surface area contributed by atoms with Gasteiger partial charge >= 0.3 is 0 Å². The lowest BCUT2D eigenvalue weighted by atomic mass is 10.1. The van der Waals surface area contributed by atoms with E-state index in [1.807, 2.05) is 0 Å². The molecule has 18 heavy (non-hydrogen) atoms. The molecule has 0 saturated carbocycles.